The second-order valence-electron chi connectivity index (χ2n) is 4.58. The van der Waals surface area contributed by atoms with Crippen LogP contribution in [0.1, 0.15) is 0 Å². The Balaban J connectivity index is 2.08. The highest BCUT2D eigenvalue weighted by Gasteiger charge is 2.09. The van der Waals surface area contributed by atoms with Crippen molar-refractivity contribution < 1.29 is 10.0 Å². The SMILES string of the molecule is CN(C)c1ccc(N=Nc2ccc(B(O)O)cc2)cc1. The van der Waals surface area contributed by atoms with E-state index in [1.54, 1.807) is 24.3 Å². The van der Waals surface area contributed by atoms with Gasteiger partial charge >= 0.3 is 7.12 Å². The molecule has 0 heterocycles. The number of nitrogens with zero attached hydrogens (tertiary/aromatic N) is 3. The molecule has 0 bridgehead atoms. The lowest BCUT2D eigenvalue weighted by molar-refractivity contribution is 0.426. The summed E-state index contributed by atoms with van der Waals surface area (Å²) in [5, 5.41) is 26.2. The third-order valence-electron chi connectivity index (χ3n) is 2.84. The minimum absolute atomic E-state index is 0.430. The molecule has 102 valence electrons. The fourth-order valence-electron chi connectivity index (χ4n) is 1.65. The van der Waals surface area contributed by atoms with E-state index in [2.05, 4.69) is 10.2 Å². The van der Waals surface area contributed by atoms with Gasteiger partial charge in [0.15, 0.2) is 0 Å². The van der Waals surface area contributed by atoms with E-state index in [0.29, 0.717) is 11.2 Å². The predicted molar refractivity (Wildman–Crippen MR) is 81.2 cm³/mol. The molecule has 2 N–H and O–H groups in total. The molecule has 0 aliphatic carbocycles. The van der Waals surface area contributed by atoms with Gasteiger partial charge in [-0.2, -0.15) is 10.2 Å². The van der Waals surface area contributed by atoms with Gasteiger partial charge < -0.3 is 14.9 Å². The third-order valence-corrected chi connectivity index (χ3v) is 2.84. The molecule has 0 fully saturated rings. The van der Waals surface area contributed by atoms with E-state index >= 15 is 0 Å². The molecule has 2 aromatic rings. The first-order valence-electron chi connectivity index (χ1n) is 6.21. The van der Waals surface area contributed by atoms with Gasteiger partial charge in [0.1, 0.15) is 0 Å². The van der Waals surface area contributed by atoms with Crippen molar-refractivity contribution in [2.75, 3.05) is 19.0 Å². The maximum atomic E-state index is 8.99. The van der Waals surface area contributed by atoms with Crippen LogP contribution >= 0.6 is 0 Å². The standard InChI is InChI=1S/C14H16BN3O2/c1-18(2)14-9-7-13(8-10-14)17-16-12-5-3-11(4-6-12)15(19)20/h3-10,19-20H,1-2H3. The quantitative estimate of drug-likeness (QED) is 0.657. The van der Waals surface area contributed by atoms with Crippen molar-refractivity contribution in [3.8, 4) is 0 Å². The van der Waals surface area contributed by atoms with Crippen LogP contribution in [0, 0.1) is 0 Å². The molecule has 0 aliphatic heterocycles. The molecule has 20 heavy (non-hydrogen) atoms. The van der Waals surface area contributed by atoms with Gasteiger partial charge in [-0.3, -0.25) is 0 Å². The molecular weight excluding hydrogens is 253 g/mol. The van der Waals surface area contributed by atoms with E-state index in [-0.39, 0.29) is 0 Å². The summed E-state index contributed by atoms with van der Waals surface area (Å²) in [5.74, 6) is 0. The zero-order chi connectivity index (χ0) is 14.5. The van der Waals surface area contributed by atoms with Crippen molar-refractivity contribution in [1.29, 1.82) is 0 Å². The van der Waals surface area contributed by atoms with Gasteiger partial charge in [-0.15, -0.1) is 0 Å². The molecule has 0 aliphatic rings. The molecule has 0 unspecified atom stereocenters. The molecule has 2 aromatic carbocycles. The fraction of sp³-hybridized carbons (Fsp3) is 0.143. The van der Waals surface area contributed by atoms with Crippen LogP contribution in [-0.2, 0) is 0 Å². The lowest BCUT2D eigenvalue weighted by Gasteiger charge is -2.11. The van der Waals surface area contributed by atoms with Crippen molar-refractivity contribution >= 4 is 29.6 Å². The molecule has 0 radical (unpaired) electrons. The van der Waals surface area contributed by atoms with Gasteiger partial charge in [0.2, 0.25) is 0 Å². The summed E-state index contributed by atoms with van der Waals surface area (Å²) in [6.07, 6.45) is 0. The maximum absolute atomic E-state index is 8.99. The van der Waals surface area contributed by atoms with Crippen LogP contribution < -0.4 is 10.4 Å². The Bertz CT molecular complexity index is 527. The minimum atomic E-state index is -1.46. The van der Waals surface area contributed by atoms with Gasteiger partial charge in [0.05, 0.1) is 11.4 Å². The van der Waals surface area contributed by atoms with Crippen LogP contribution in [0.4, 0.5) is 17.1 Å². The Kier molecular flexibility index (Phi) is 4.50. The van der Waals surface area contributed by atoms with Crippen LogP contribution in [0.5, 0.6) is 0 Å². The van der Waals surface area contributed by atoms with Crippen LogP contribution in [0.15, 0.2) is 58.8 Å². The highest BCUT2D eigenvalue weighted by Crippen LogP contribution is 2.20. The molecule has 0 spiro atoms. The van der Waals surface area contributed by atoms with E-state index < -0.39 is 7.12 Å². The van der Waals surface area contributed by atoms with Crippen molar-refractivity contribution in [2.24, 2.45) is 10.2 Å². The summed E-state index contributed by atoms with van der Waals surface area (Å²) in [6, 6.07) is 14.3. The lowest BCUT2D eigenvalue weighted by atomic mass is 9.80. The fourth-order valence-corrected chi connectivity index (χ4v) is 1.65. The van der Waals surface area contributed by atoms with E-state index in [4.69, 9.17) is 10.0 Å². The number of rotatable bonds is 4. The van der Waals surface area contributed by atoms with Gasteiger partial charge in [0.25, 0.3) is 0 Å². The number of azo groups is 1. The average molecular weight is 269 g/mol. The molecular formula is C14H16BN3O2. The van der Waals surface area contributed by atoms with Gasteiger partial charge in [-0.1, -0.05) is 12.1 Å². The first-order chi connectivity index (χ1) is 9.56. The molecule has 6 heteroatoms. The van der Waals surface area contributed by atoms with E-state index in [9.17, 15) is 0 Å². The molecule has 0 saturated heterocycles. The summed E-state index contributed by atoms with van der Waals surface area (Å²) >= 11 is 0. The molecule has 2 rings (SSSR count). The topological polar surface area (TPSA) is 68.4 Å². The first-order valence-corrected chi connectivity index (χ1v) is 6.21. The maximum Gasteiger partial charge on any atom is 0.488 e. The largest absolute Gasteiger partial charge is 0.488 e. The molecule has 0 amide bonds. The average Bonchev–Trinajstić information content (AvgIpc) is 2.46. The predicted octanol–water partition coefficient (Wildman–Crippen LogP) is 1.85. The highest BCUT2D eigenvalue weighted by molar-refractivity contribution is 6.58. The molecule has 0 atom stereocenters. The van der Waals surface area contributed by atoms with Crippen LogP contribution in [0.2, 0.25) is 0 Å². The zero-order valence-electron chi connectivity index (χ0n) is 11.4. The van der Waals surface area contributed by atoms with Crippen molar-refractivity contribution in [2.45, 2.75) is 0 Å². The minimum Gasteiger partial charge on any atom is -0.423 e. The summed E-state index contributed by atoms with van der Waals surface area (Å²) < 4.78 is 0. The lowest BCUT2D eigenvalue weighted by Crippen LogP contribution is -2.29. The summed E-state index contributed by atoms with van der Waals surface area (Å²) in [5.41, 5.74) is 2.96. The number of hydrogen-bond donors (Lipinski definition) is 2. The van der Waals surface area contributed by atoms with Crippen LogP contribution in [0.3, 0.4) is 0 Å². The van der Waals surface area contributed by atoms with Crippen molar-refractivity contribution in [3.05, 3.63) is 48.5 Å². The molecule has 5 nitrogen and oxygen atoms in total. The third kappa shape index (κ3) is 3.66. The Labute approximate surface area is 118 Å². The Morgan fingerprint density at radius 2 is 1.25 bits per heavy atom. The van der Waals surface area contributed by atoms with Gasteiger partial charge in [-0.25, -0.2) is 0 Å². The van der Waals surface area contributed by atoms with E-state index in [0.717, 1.165) is 11.4 Å². The summed E-state index contributed by atoms with van der Waals surface area (Å²) in [7, 11) is 2.50. The molecule has 0 saturated carbocycles. The summed E-state index contributed by atoms with van der Waals surface area (Å²) in [4.78, 5) is 2.01. The van der Waals surface area contributed by atoms with Crippen molar-refractivity contribution in [3.63, 3.8) is 0 Å². The Morgan fingerprint density at radius 1 is 0.800 bits per heavy atom. The highest BCUT2D eigenvalue weighted by atomic mass is 16.4. The second kappa shape index (κ2) is 6.32. The van der Waals surface area contributed by atoms with Crippen molar-refractivity contribution in [1.82, 2.24) is 0 Å². The zero-order valence-corrected chi connectivity index (χ0v) is 11.4. The normalized spacial score (nSPS) is 10.8. The second-order valence-corrected chi connectivity index (χ2v) is 4.58. The van der Waals surface area contributed by atoms with E-state index in [1.807, 2.05) is 43.3 Å². The Morgan fingerprint density at radius 3 is 1.65 bits per heavy atom. The molecule has 0 aromatic heterocycles. The Hall–Kier alpha value is -2.18. The first kappa shape index (κ1) is 14.2. The van der Waals surface area contributed by atoms with Crippen LogP contribution in [0.25, 0.3) is 0 Å². The number of hydrogen-bond acceptors (Lipinski definition) is 5. The number of anilines is 1. The number of benzene rings is 2. The van der Waals surface area contributed by atoms with Gasteiger partial charge in [0, 0.05) is 19.8 Å². The van der Waals surface area contributed by atoms with E-state index in [1.165, 1.54) is 0 Å². The smallest absolute Gasteiger partial charge is 0.423 e. The summed E-state index contributed by atoms with van der Waals surface area (Å²) in [6.45, 7) is 0. The monoisotopic (exact) mass is 269 g/mol. The van der Waals surface area contributed by atoms with Gasteiger partial charge in [-0.05, 0) is 41.9 Å². The van der Waals surface area contributed by atoms with Crippen LogP contribution in [-0.4, -0.2) is 31.3 Å².